The number of H-pyrrole nitrogens is 1. The number of nitrogens with one attached hydrogen (secondary N) is 2. The van der Waals surface area contributed by atoms with Crippen molar-refractivity contribution in [3.8, 4) is 5.75 Å². The van der Waals surface area contributed by atoms with Gasteiger partial charge in [0.15, 0.2) is 0 Å². The molecule has 0 radical (unpaired) electrons. The van der Waals surface area contributed by atoms with Gasteiger partial charge in [0.05, 0.1) is 17.5 Å². The second-order valence-corrected chi connectivity index (χ2v) is 9.22. The number of piperazine rings is 1. The Morgan fingerprint density at radius 3 is 2.61 bits per heavy atom. The maximum Gasteiger partial charge on any atom is 0.268 e. The summed E-state index contributed by atoms with van der Waals surface area (Å²) in [6.07, 6.45) is 0. The van der Waals surface area contributed by atoms with Crippen molar-refractivity contribution < 1.29 is 9.53 Å². The first-order chi connectivity index (χ1) is 15.0. The molecule has 1 fully saturated rings. The van der Waals surface area contributed by atoms with Gasteiger partial charge in [0.25, 0.3) is 5.91 Å². The molecule has 3 aromatic rings. The van der Waals surface area contributed by atoms with E-state index in [0.717, 1.165) is 59.2 Å². The van der Waals surface area contributed by atoms with Gasteiger partial charge in [-0.3, -0.25) is 9.69 Å². The molecule has 0 spiro atoms. The first kappa shape index (κ1) is 22.0. The van der Waals surface area contributed by atoms with E-state index in [9.17, 15) is 4.79 Å². The van der Waals surface area contributed by atoms with Crippen LogP contribution >= 0.6 is 23.4 Å². The molecule has 8 heteroatoms. The van der Waals surface area contributed by atoms with E-state index in [4.69, 9.17) is 16.3 Å². The Hall–Kier alpha value is -2.19. The van der Waals surface area contributed by atoms with Crippen LogP contribution < -0.4 is 10.1 Å². The van der Waals surface area contributed by atoms with Crippen LogP contribution in [0.2, 0.25) is 5.02 Å². The number of benzene rings is 2. The van der Waals surface area contributed by atoms with E-state index >= 15 is 0 Å². The van der Waals surface area contributed by atoms with Crippen LogP contribution in [0.4, 0.5) is 0 Å². The van der Waals surface area contributed by atoms with Crippen LogP contribution in [-0.2, 0) is 0 Å². The van der Waals surface area contributed by atoms with Gasteiger partial charge in [0, 0.05) is 60.6 Å². The normalized spacial score (nSPS) is 15.3. The topological polar surface area (TPSA) is 60.6 Å². The molecule has 0 unspecified atom stereocenters. The Kier molecular flexibility index (Phi) is 7.07. The Morgan fingerprint density at radius 2 is 1.90 bits per heavy atom. The minimum absolute atomic E-state index is 0.0965. The summed E-state index contributed by atoms with van der Waals surface area (Å²) in [5.74, 6) is 0.652. The van der Waals surface area contributed by atoms with Crippen molar-refractivity contribution in [1.29, 1.82) is 0 Å². The fraction of sp³-hybridized carbons (Fsp3) is 0.348. The molecule has 164 valence electrons. The monoisotopic (exact) mass is 458 g/mol. The van der Waals surface area contributed by atoms with Crippen LogP contribution in [0, 0.1) is 0 Å². The third-order valence-corrected chi connectivity index (χ3v) is 6.92. The number of methoxy groups -OCH3 is 1. The van der Waals surface area contributed by atoms with E-state index in [2.05, 4.69) is 27.1 Å². The van der Waals surface area contributed by atoms with Gasteiger partial charge >= 0.3 is 0 Å². The number of hydrogen-bond acceptors (Lipinski definition) is 5. The second kappa shape index (κ2) is 9.96. The number of ether oxygens (including phenoxy) is 1. The van der Waals surface area contributed by atoms with Crippen molar-refractivity contribution in [1.82, 2.24) is 20.1 Å². The van der Waals surface area contributed by atoms with Crippen LogP contribution in [-0.4, -0.2) is 74.1 Å². The molecule has 2 aromatic carbocycles. The average Bonchev–Trinajstić information content (AvgIpc) is 3.14. The number of amides is 1. The quantitative estimate of drug-likeness (QED) is 0.561. The lowest BCUT2D eigenvalue weighted by molar-refractivity contribution is 0.0934. The van der Waals surface area contributed by atoms with Crippen LogP contribution in [0.1, 0.15) is 10.5 Å². The number of nitrogens with zero attached hydrogens (tertiary/aromatic N) is 2. The van der Waals surface area contributed by atoms with Crippen molar-refractivity contribution in [2.45, 2.75) is 9.79 Å². The highest BCUT2D eigenvalue weighted by Gasteiger charge is 2.20. The van der Waals surface area contributed by atoms with Crippen molar-refractivity contribution >= 4 is 40.2 Å². The van der Waals surface area contributed by atoms with Gasteiger partial charge in [-0.1, -0.05) is 23.4 Å². The summed E-state index contributed by atoms with van der Waals surface area (Å²) in [5.41, 5.74) is 1.45. The highest BCUT2D eigenvalue weighted by Crippen LogP contribution is 2.38. The fourth-order valence-corrected chi connectivity index (χ4v) is 4.82. The zero-order valence-corrected chi connectivity index (χ0v) is 19.4. The molecular weight excluding hydrogens is 432 g/mol. The van der Waals surface area contributed by atoms with E-state index in [-0.39, 0.29) is 5.91 Å². The van der Waals surface area contributed by atoms with Crippen LogP contribution in [0.15, 0.2) is 52.3 Å². The number of aromatic amines is 1. The molecule has 1 amide bonds. The van der Waals surface area contributed by atoms with E-state index in [0.29, 0.717) is 17.3 Å². The Bertz CT molecular complexity index is 1050. The molecule has 31 heavy (non-hydrogen) atoms. The summed E-state index contributed by atoms with van der Waals surface area (Å²) < 4.78 is 5.35. The van der Waals surface area contributed by atoms with Gasteiger partial charge in [0.2, 0.25) is 0 Å². The molecule has 0 atom stereocenters. The summed E-state index contributed by atoms with van der Waals surface area (Å²) in [4.78, 5) is 23.0. The molecular formula is C23H27ClN4O2S. The molecule has 6 nitrogen and oxygen atoms in total. The Balaban J connectivity index is 1.53. The number of likely N-dealkylation sites (N-methyl/N-ethyl adjacent to an activating group) is 1. The minimum Gasteiger partial charge on any atom is -0.497 e. The second-order valence-electron chi connectivity index (χ2n) is 7.70. The van der Waals surface area contributed by atoms with E-state index in [1.165, 1.54) is 0 Å². The number of carbonyl (C=O) groups excluding carboxylic acids is 1. The lowest BCUT2D eigenvalue weighted by Gasteiger charge is -2.32. The molecule has 0 aliphatic carbocycles. The SMILES string of the molecule is COc1ccc2c(Sc3ccc(Cl)cc3)c(C(=O)NCCN3CCN(C)CC3)[nH]c2c1. The number of aromatic nitrogens is 1. The molecule has 1 aliphatic rings. The highest BCUT2D eigenvalue weighted by molar-refractivity contribution is 7.99. The maximum absolute atomic E-state index is 13.1. The Labute approximate surface area is 191 Å². The molecule has 1 saturated heterocycles. The van der Waals surface area contributed by atoms with Gasteiger partial charge in [-0.2, -0.15) is 0 Å². The summed E-state index contributed by atoms with van der Waals surface area (Å²) in [7, 11) is 3.78. The molecule has 0 saturated carbocycles. The first-order valence-corrected chi connectivity index (χ1v) is 11.5. The summed E-state index contributed by atoms with van der Waals surface area (Å²) in [6.45, 7) is 5.69. The smallest absolute Gasteiger partial charge is 0.268 e. The lowest BCUT2D eigenvalue weighted by atomic mass is 10.2. The van der Waals surface area contributed by atoms with Crippen LogP contribution in [0.25, 0.3) is 10.9 Å². The zero-order valence-electron chi connectivity index (χ0n) is 17.8. The van der Waals surface area contributed by atoms with Gasteiger partial charge in [-0.05, 0) is 43.4 Å². The predicted octanol–water partition coefficient (Wildman–Crippen LogP) is 3.96. The van der Waals surface area contributed by atoms with Crippen molar-refractivity contribution in [3.63, 3.8) is 0 Å². The molecule has 4 rings (SSSR count). The third kappa shape index (κ3) is 5.36. The van der Waals surface area contributed by atoms with Gasteiger partial charge in [-0.25, -0.2) is 0 Å². The largest absolute Gasteiger partial charge is 0.497 e. The van der Waals surface area contributed by atoms with Crippen molar-refractivity contribution in [3.05, 3.63) is 53.2 Å². The fourth-order valence-electron chi connectivity index (χ4n) is 3.65. The van der Waals surface area contributed by atoms with E-state index < -0.39 is 0 Å². The van der Waals surface area contributed by atoms with Crippen LogP contribution in [0.3, 0.4) is 0 Å². The van der Waals surface area contributed by atoms with E-state index in [1.807, 2.05) is 42.5 Å². The molecule has 1 aromatic heterocycles. The molecule has 1 aliphatic heterocycles. The highest BCUT2D eigenvalue weighted by atomic mass is 35.5. The first-order valence-electron chi connectivity index (χ1n) is 10.4. The van der Waals surface area contributed by atoms with Gasteiger partial charge < -0.3 is 19.9 Å². The number of halogens is 1. The summed E-state index contributed by atoms with van der Waals surface area (Å²) >= 11 is 7.59. The lowest BCUT2D eigenvalue weighted by Crippen LogP contribution is -2.46. The third-order valence-electron chi connectivity index (χ3n) is 5.53. The number of rotatable bonds is 7. The van der Waals surface area contributed by atoms with Gasteiger partial charge in [0.1, 0.15) is 11.4 Å². The molecule has 2 heterocycles. The molecule has 0 bridgehead atoms. The summed E-state index contributed by atoms with van der Waals surface area (Å²) in [6, 6.07) is 13.5. The zero-order chi connectivity index (χ0) is 21.8. The predicted molar refractivity (Wildman–Crippen MR) is 127 cm³/mol. The van der Waals surface area contributed by atoms with Crippen LogP contribution in [0.5, 0.6) is 5.75 Å². The maximum atomic E-state index is 13.1. The van der Waals surface area contributed by atoms with Crippen molar-refractivity contribution in [2.75, 3.05) is 53.4 Å². The minimum atomic E-state index is -0.0965. The Morgan fingerprint density at radius 1 is 1.16 bits per heavy atom. The molecule has 2 N–H and O–H groups in total. The van der Waals surface area contributed by atoms with E-state index in [1.54, 1.807) is 18.9 Å². The number of carbonyl (C=O) groups is 1. The van der Waals surface area contributed by atoms with Gasteiger partial charge in [-0.15, -0.1) is 0 Å². The average molecular weight is 459 g/mol. The van der Waals surface area contributed by atoms with Crippen molar-refractivity contribution in [2.24, 2.45) is 0 Å². The number of fused-ring (bicyclic) bond motifs is 1. The standard InChI is InChI=1S/C23H27ClN4O2S/c1-27-11-13-28(14-12-27)10-9-25-23(29)21-22(31-18-6-3-16(24)4-7-18)19-8-5-17(30-2)15-20(19)26-21/h3-8,15,26H,9-14H2,1-2H3,(H,25,29). The number of hydrogen-bond donors (Lipinski definition) is 2. The summed E-state index contributed by atoms with van der Waals surface area (Å²) in [5, 5.41) is 4.77.